The molecule has 0 aliphatic carbocycles. The fraction of sp³-hybridized carbons (Fsp3) is 0.0769. The molecule has 0 saturated heterocycles. The van der Waals surface area contributed by atoms with E-state index in [0.29, 0.717) is 0 Å². The molecule has 0 fully saturated rings. The molecule has 9 nitrogen and oxygen atoms in total. The van der Waals surface area contributed by atoms with Crippen LogP contribution in [0.25, 0.3) is 0 Å². The van der Waals surface area contributed by atoms with Crippen LogP contribution >= 0.6 is 0 Å². The van der Waals surface area contributed by atoms with Crippen LogP contribution in [-0.4, -0.2) is 28.8 Å². The number of aromatic amines is 1. The summed E-state index contributed by atoms with van der Waals surface area (Å²) in [5, 5.41) is 10.8. The number of methoxy groups -OCH3 is 1. The molecule has 9 heteroatoms. The van der Waals surface area contributed by atoms with Gasteiger partial charge in [-0.05, 0) is 18.2 Å². The Bertz CT molecular complexity index is 711. The quantitative estimate of drug-likeness (QED) is 0.574. The topological polar surface area (TPSA) is 126 Å². The van der Waals surface area contributed by atoms with E-state index in [4.69, 9.17) is 4.74 Å². The highest BCUT2D eigenvalue weighted by atomic mass is 16.6. The van der Waals surface area contributed by atoms with Crippen LogP contribution in [0, 0.1) is 10.1 Å². The lowest BCUT2D eigenvalue weighted by Crippen LogP contribution is -2.41. The lowest BCUT2D eigenvalue weighted by Gasteiger charge is -2.09. The Morgan fingerprint density at radius 2 is 1.95 bits per heavy atom. The number of nitro groups is 1. The normalized spacial score (nSPS) is 9.86. The second-order valence-corrected chi connectivity index (χ2v) is 4.13. The Labute approximate surface area is 124 Å². The van der Waals surface area contributed by atoms with Crippen molar-refractivity contribution in [3.63, 3.8) is 0 Å². The van der Waals surface area contributed by atoms with Gasteiger partial charge in [-0.25, -0.2) is 0 Å². The maximum absolute atomic E-state index is 12.0. The van der Waals surface area contributed by atoms with Crippen molar-refractivity contribution in [1.29, 1.82) is 0 Å². The number of H-pyrrole nitrogens is 1. The van der Waals surface area contributed by atoms with Gasteiger partial charge in [-0.2, -0.15) is 0 Å². The first-order valence-electron chi connectivity index (χ1n) is 6.09. The van der Waals surface area contributed by atoms with Gasteiger partial charge in [0, 0.05) is 18.3 Å². The molecular weight excluding hydrogens is 292 g/mol. The second-order valence-electron chi connectivity index (χ2n) is 4.13. The minimum Gasteiger partial charge on any atom is -0.496 e. The molecule has 1 aromatic heterocycles. The van der Waals surface area contributed by atoms with Crippen molar-refractivity contribution in [1.82, 2.24) is 15.8 Å². The van der Waals surface area contributed by atoms with Crippen LogP contribution in [0.15, 0.2) is 36.5 Å². The minimum atomic E-state index is -0.736. The first-order valence-corrected chi connectivity index (χ1v) is 6.09. The van der Waals surface area contributed by atoms with Crippen LogP contribution < -0.4 is 15.6 Å². The molecule has 2 rings (SSSR count). The Morgan fingerprint density at radius 3 is 2.55 bits per heavy atom. The smallest absolute Gasteiger partial charge is 0.286 e. The number of nitro benzene ring substituents is 1. The lowest BCUT2D eigenvalue weighted by atomic mass is 10.1. The number of hydrogen-bond donors (Lipinski definition) is 3. The number of hydrazine groups is 1. The summed E-state index contributed by atoms with van der Waals surface area (Å²) < 4.78 is 4.98. The molecule has 0 radical (unpaired) electrons. The molecule has 22 heavy (non-hydrogen) atoms. The molecule has 0 spiro atoms. The first-order chi connectivity index (χ1) is 10.5. The average Bonchev–Trinajstić information content (AvgIpc) is 3.06. The maximum atomic E-state index is 12.0. The summed E-state index contributed by atoms with van der Waals surface area (Å²) in [6.07, 6.45) is 1.56. The Kier molecular flexibility index (Phi) is 4.37. The predicted octanol–water partition coefficient (Wildman–Crippen LogP) is 1.01. The van der Waals surface area contributed by atoms with Crippen molar-refractivity contribution in [3.8, 4) is 5.75 Å². The molecule has 3 N–H and O–H groups in total. The fourth-order valence-corrected chi connectivity index (χ4v) is 1.71. The largest absolute Gasteiger partial charge is 0.496 e. The Morgan fingerprint density at radius 1 is 1.23 bits per heavy atom. The number of nitrogens with zero attached hydrogens (tertiary/aromatic N) is 1. The van der Waals surface area contributed by atoms with Crippen molar-refractivity contribution >= 4 is 17.5 Å². The van der Waals surface area contributed by atoms with Crippen molar-refractivity contribution < 1.29 is 19.2 Å². The van der Waals surface area contributed by atoms with E-state index in [-0.39, 0.29) is 22.7 Å². The predicted molar refractivity (Wildman–Crippen MR) is 75.4 cm³/mol. The average molecular weight is 304 g/mol. The molecule has 0 bridgehead atoms. The number of hydrogen-bond acceptors (Lipinski definition) is 5. The third-order valence-electron chi connectivity index (χ3n) is 2.77. The molecule has 2 amide bonds. The zero-order valence-electron chi connectivity index (χ0n) is 11.5. The van der Waals surface area contributed by atoms with Crippen molar-refractivity contribution in [2.45, 2.75) is 0 Å². The molecule has 1 aromatic carbocycles. The molecule has 1 heterocycles. The van der Waals surface area contributed by atoms with Crippen LogP contribution in [-0.2, 0) is 0 Å². The van der Waals surface area contributed by atoms with E-state index in [2.05, 4.69) is 15.8 Å². The summed E-state index contributed by atoms with van der Waals surface area (Å²) in [6.45, 7) is 0. The van der Waals surface area contributed by atoms with Gasteiger partial charge >= 0.3 is 0 Å². The molecular formula is C13H12N4O5. The van der Waals surface area contributed by atoms with Crippen molar-refractivity contribution in [2.75, 3.05) is 7.11 Å². The van der Waals surface area contributed by atoms with E-state index in [0.717, 1.165) is 6.07 Å². The number of ether oxygens (including phenoxy) is 1. The highest BCUT2D eigenvalue weighted by molar-refractivity contribution is 6.00. The number of aromatic nitrogens is 1. The van der Waals surface area contributed by atoms with Gasteiger partial charge in [0.25, 0.3) is 17.5 Å². The van der Waals surface area contributed by atoms with Crippen LogP contribution in [0.5, 0.6) is 5.75 Å². The third-order valence-corrected chi connectivity index (χ3v) is 2.77. The Hall–Kier alpha value is -3.36. The van der Waals surface area contributed by atoms with E-state index >= 15 is 0 Å². The third kappa shape index (κ3) is 3.20. The zero-order chi connectivity index (χ0) is 16.1. The van der Waals surface area contributed by atoms with Crippen molar-refractivity contribution in [2.24, 2.45) is 0 Å². The zero-order valence-corrected chi connectivity index (χ0v) is 11.5. The summed E-state index contributed by atoms with van der Waals surface area (Å²) in [5.74, 6) is -1.14. The van der Waals surface area contributed by atoms with Crippen LogP contribution in [0.4, 0.5) is 5.69 Å². The van der Waals surface area contributed by atoms with E-state index in [1.807, 2.05) is 0 Å². The van der Waals surface area contributed by atoms with E-state index in [1.165, 1.54) is 25.3 Å². The summed E-state index contributed by atoms with van der Waals surface area (Å²) in [5.41, 5.74) is 4.28. The summed E-state index contributed by atoms with van der Waals surface area (Å²) in [7, 11) is 1.33. The van der Waals surface area contributed by atoms with Gasteiger partial charge in [0.2, 0.25) is 0 Å². The highest BCUT2D eigenvalue weighted by Gasteiger charge is 2.18. The number of non-ortho nitro benzene ring substituents is 1. The van der Waals surface area contributed by atoms with Crippen LogP contribution in [0.3, 0.4) is 0 Å². The molecule has 114 valence electrons. The van der Waals surface area contributed by atoms with Crippen molar-refractivity contribution in [3.05, 3.63) is 57.9 Å². The lowest BCUT2D eigenvalue weighted by molar-refractivity contribution is -0.384. The molecule has 0 aliphatic rings. The molecule has 0 atom stereocenters. The number of benzene rings is 1. The first kappa shape index (κ1) is 15.0. The number of carbonyl (C=O) groups excluding carboxylic acids is 2. The van der Waals surface area contributed by atoms with E-state index in [1.54, 1.807) is 12.3 Å². The minimum absolute atomic E-state index is 0.0662. The van der Waals surface area contributed by atoms with Gasteiger partial charge < -0.3 is 9.72 Å². The Balaban J connectivity index is 2.13. The summed E-state index contributed by atoms with van der Waals surface area (Å²) in [6, 6.07) is 6.73. The monoisotopic (exact) mass is 304 g/mol. The molecule has 0 unspecified atom stereocenters. The van der Waals surface area contributed by atoms with E-state index < -0.39 is 16.7 Å². The summed E-state index contributed by atoms with van der Waals surface area (Å²) >= 11 is 0. The number of carbonyl (C=O) groups is 2. The fourth-order valence-electron chi connectivity index (χ4n) is 1.71. The SMILES string of the molecule is COc1ccc([N+](=O)[O-])cc1C(=O)NNC(=O)c1ccc[nH]1. The van der Waals surface area contributed by atoms with E-state index in [9.17, 15) is 19.7 Å². The molecule has 0 aliphatic heterocycles. The van der Waals surface area contributed by atoms with Gasteiger partial charge in [-0.15, -0.1) is 0 Å². The van der Waals surface area contributed by atoms with Gasteiger partial charge in [0.05, 0.1) is 17.6 Å². The van der Waals surface area contributed by atoms with Gasteiger partial charge in [-0.1, -0.05) is 0 Å². The van der Waals surface area contributed by atoms with Gasteiger partial charge in [0.1, 0.15) is 11.4 Å². The number of amides is 2. The highest BCUT2D eigenvalue weighted by Crippen LogP contribution is 2.23. The second kappa shape index (κ2) is 6.39. The van der Waals surface area contributed by atoms with Crippen LogP contribution in [0.1, 0.15) is 20.8 Å². The standard InChI is InChI=1S/C13H12N4O5/c1-22-11-5-4-8(17(20)21)7-9(11)12(18)15-16-13(19)10-3-2-6-14-10/h2-7,14H,1H3,(H,15,18)(H,16,19). The van der Waals surface area contributed by atoms with Gasteiger partial charge in [0.15, 0.2) is 0 Å². The molecule has 2 aromatic rings. The summed E-state index contributed by atoms with van der Waals surface area (Å²) in [4.78, 5) is 36.5. The number of rotatable bonds is 4. The molecule has 0 saturated carbocycles. The van der Waals surface area contributed by atoms with Gasteiger partial charge in [-0.3, -0.25) is 30.6 Å². The number of nitrogens with one attached hydrogen (secondary N) is 3. The van der Waals surface area contributed by atoms with Crippen LogP contribution in [0.2, 0.25) is 0 Å². The maximum Gasteiger partial charge on any atom is 0.286 e.